The van der Waals surface area contributed by atoms with Gasteiger partial charge in [-0.3, -0.25) is 4.79 Å². The zero-order chi connectivity index (χ0) is 14.1. The number of aryl methyl sites for hydroxylation is 2. The summed E-state index contributed by atoms with van der Waals surface area (Å²) in [6, 6.07) is 1.43. The third-order valence-corrected chi connectivity index (χ3v) is 3.84. The fourth-order valence-corrected chi connectivity index (χ4v) is 2.55. The first kappa shape index (κ1) is 13.1. The molecule has 0 aromatic carbocycles. The summed E-state index contributed by atoms with van der Waals surface area (Å²) >= 11 is 0. The van der Waals surface area contributed by atoms with Gasteiger partial charge in [0.25, 0.3) is 5.56 Å². The van der Waals surface area contributed by atoms with Gasteiger partial charge in [0.1, 0.15) is 11.2 Å². The highest BCUT2D eigenvalue weighted by Crippen LogP contribution is 2.34. The summed E-state index contributed by atoms with van der Waals surface area (Å²) in [4.78, 5) is 30.7. The Labute approximate surface area is 116 Å². The standard InChI is InChI=1S/C15H18N2O3/c1-2-11-16-14(19)13-10(5-3-4-9-6-7-9)8-12(18)20-15(13)17-11/h8-9H,2-7H2,1H3,(H,16,17,19). The molecule has 20 heavy (non-hydrogen) atoms. The van der Waals surface area contributed by atoms with E-state index in [2.05, 4.69) is 9.97 Å². The molecule has 3 rings (SSSR count). The van der Waals surface area contributed by atoms with Crippen molar-refractivity contribution in [2.45, 2.75) is 45.4 Å². The van der Waals surface area contributed by atoms with E-state index in [0.717, 1.165) is 24.3 Å². The Morgan fingerprint density at radius 3 is 2.90 bits per heavy atom. The maximum absolute atomic E-state index is 12.1. The minimum atomic E-state index is -0.431. The van der Waals surface area contributed by atoms with Crippen LogP contribution in [0.25, 0.3) is 11.1 Å². The number of nitrogens with one attached hydrogen (secondary N) is 1. The molecule has 0 spiro atoms. The molecule has 0 radical (unpaired) electrons. The van der Waals surface area contributed by atoms with Gasteiger partial charge in [0, 0.05) is 12.5 Å². The maximum Gasteiger partial charge on any atom is 0.337 e. The van der Waals surface area contributed by atoms with Crippen LogP contribution in [-0.2, 0) is 12.8 Å². The van der Waals surface area contributed by atoms with Crippen LogP contribution in [0.1, 0.15) is 44.0 Å². The van der Waals surface area contributed by atoms with E-state index in [0.29, 0.717) is 17.6 Å². The first-order chi connectivity index (χ1) is 9.67. The highest BCUT2D eigenvalue weighted by atomic mass is 16.4. The van der Waals surface area contributed by atoms with Gasteiger partial charge in [0.2, 0.25) is 5.71 Å². The number of nitrogens with zero attached hydrogens (tertiary/aromatic N) is 1. The summed E-state index contributed by atoms with van der Waals surface area (Å²) in [5.41, 5.74) is 0.281. The highest BCUT2D eigenvalue weighted by molar-refractivity contribution is 5.75. The molecule has 0 saturated heterocycles. The third-order valence-electron chi connectivity index (χ3n) is 3.84. The van der Waals surface area contributed by atoms with Crippen molar-refractivity contribution in [2.24, 2.45) is 5.92 Å². The predicted molar refractivity (Wildman–Crippen MR) is 75.9 cm³/mol. The second kappa shape index (κ2) is 5.23. The van der Waals surface area contributed by atoms with Crippen molar-refractivity contribution in [1.82, 2.24) is 9.97 Å². The maximum atomic E-state index is 12.1. The summed E-state index contributed by atoms with van der Waals surface area (Å²) in [6.07, 6.45) is 6.13. The SMILES string of the molecule is CCc1nc2oc(=O)cc(CCCC3CC3)c2c(=O)[nH]1. The van der Waals surface area contributed by atoms with Gasteiger partial charge in [-0.25, -0.2) is 4.79 Å². The lowest BCUT2D eigenvalue weighted by Gasteiger charge is -2.05. The Morgan fingerprint density at radius 1 is 1.40 bits per heavy atom. The molecule has 2 aromatic heterocycles. The number of fused-ring (bicyclic) bond motifs is 1. The second-order valence-electron chi connectivity index (χ2n) is 5.47. The second-order valence-corrected chi connectivity index (χ2v) is 5.47. The van der Waals surface area contributed by atoms with Gasteiger partial charge >= 0.3 is 5.63 Å². The quantitative estimate of drug-likeness (QED) is 0.906. The van der Waals surface area contributed by atoms with Crippen molar-refractivity contribution in [2.75, 3.05) is 0 Å². The van der Waals surface area contributed by atoms with E-state index in [4.69, 9.17) is 4.42 Å². The number of aromatic nitrogens is 2. The van der Waals surface area contributed by atoms with Crippen LogP contribution < -0.4 is 11.2 Å². The molecule has 5 heteroatoms. The molecule has 1 fully saturated rings. The van der Waals surface area contributed by atoms with Crippen LogP contribution in [-0.4, -0.2) is 9.97 Å². The largest absolute Gasteiger partial charge is 0.403 e. The number of hydrogen-bond acceptors (Lipinski definition) is 4. The molecule has 1 N–H and O–H groups in total. The van der Waals surface area contributed by atoms with E-state index < -0.39 is 5.63 Å². The van der Waals surface area contributed by atoms with Gasteiger partial charge in [-0.2, -0.15) is 4.98 Å². The van der Waals surface area contributed by atoms with Gasteiger partial charge in [-0.15, -0.1) is 0 Å². The monoisotopic (exact) mass is 274 g/mol. The molecule has 0 atom stereocenters. The van der Waals surface area contributed by atoms with Crippen LogP contribution in [0, 0.1) is 5.92 Å². The molecule has 0 unspecified atom stereocenters. The molecule has 2 heterocycles. The smallest absolute Gasteiger partial charge is 0.337 e. The van der Waals surface area contributed by atoms with E-state index >= 15 is 0 Å². The summed E-state index contributed by atoms with van der Waals surface area (Å²) < 4.78 is 5.08. The normalized spacial score (nSPS) is 14.8. The molecular formula is C15H18N2O3. The summed E-state index contributed by atoms with van der Waals surface area (Å²) in [5.74, 6) is 1.39. The topological polar surface area (TPSA) is 76.0 Å². The van der Waals surface area contributed by atoms with Crippen LogP contribution >= 0.6 is 0 Å². The van der Waals surface area contributed by atoms with Gasteiger partial charge < -0.3 is 9.40 Å². The molecule has 2 aromatic rings. The number of H-pyrrole nitrogens is 1. The zero-order valence-electron chi connectivity index (χ0n) is 11.6. The molecule has 106 valence electrons. The van der Waals surface area contributed by atoms with Gasteiger partial charge in [0.15, 0.2) is 0 Å². The predicted octanol–water partition coefficient (Wildman–Crippen LogP) is 2.17. The Morgan fingerprint density at radius 2 is 2.20 bits per heavy atom. The number of hydrogen-bond donors (Lipinski definition) is 1. The van der Waals surface area contributed by atoms with E-state index in [1.54, 1.807) is 0 Å². The number of aromatic amines is 1. The average Bonchev–Trinajstić information content (AvgIpc) is 3.21. The van der Waals surface area contributed by atoms with E-state index in [1.165, 1.54) is 25.3 Å². The van der Waals surface area contributed by atoms with Crippen molar-refractivity contribution in [3.05, 3.63) is 38.2 Å². The van der Waals surface area contributed by atoms with Crippen molar-refractivity contribution in [3.63, 3.8) is 0 Å². The van der Waals surface area contributed by atoms with Crippen molar-refractivity contribution < 1.29 is 4.42 Å². The Kier molecular flexibility index (Phi) is 3.42. The highest BCUT2D eigenvalue weighted by Gasteiger charge is 2.20. The van der Waals surface area contributed by atoms with Crippen LogP contribution in [0.3, 0.4) is 0 Å². The van der Waals surface area contributed by atoms with Crippen molar-refractivity contribution in [1.29, 1.82) is 0 Å². The fraction of sp³-hybridized carbons (Fsp3) is 0.533. The summed E-state index contributed by atoms with van der Waals surface area (Å²) in [6.45, 7) is 1.89. The lowest BCUT2D eigenvalue weighted by molar-refractivity contribution is 0.542. The molecule has 0 aliphatic heterocycles. The lowest BCUT2D eigenvalue weighted by atomic mass is 10.1. The van der Waals surface area contributed by atoms with E-state index in [9.17, 15) is 9.59 Å². The molecule has 0 bridgehead atoms. The molecule has 1 aliphatic carbocycles. The molecule has 1 saturated carbocycles. The van der Waals surface area contributed by atoms with Crippen LogP contribution in [0.5, 0.6) is 0 Å². The number of rotatable bonds is 5. The molecular weight excluding hydrogens is 256 g/mol. The van der Waals surface area contributed by atoms with Crippen LogP contribution in [0.15, 0.2) is 20.1 Å². The first-order valence-corrected chi connectivity index (χ1v) is 7.23. The molecule has 5 nitrogen and oxygen atoms in total. The van der Waals surface area contributed by atoms with Gasteiger partial charge in [-0.1, -0.05) is 26.2 Å². The van der Waals surface area contributed by atoms with Crippen LogP contribution in [0.4, 0.5) is 0 Å². The van der Waals surface area contributed by atoms with Crippen LogP contribution in [0.2, 0.25) is 0 Å². The third kappa shape index (κ3) is 2.66. The minimum Gasteiger partial charge on any atom is -0.403 e. The van der Waals surface area contributed by atoms with Crippen molar-refractivity contribution in [3.8, 4) is 0 Å². The average molecular weight is 274 g/mol. The minimum absolute atomic E-state index is 0.166. The van der Waals surface area contributed by atoms with E-state index in [-0.39, 0.29) is 11.3 Å². The summed E-state index contributed by atoms with van der Waals surface area (Å²) in [5, 5.41) is 0.428. The molecule has 0 amide bonds. The van der Waals surface area contributed by atoms with Gasteiger partial charge in [0.05, 0.1) is 0 Å². The lowest BCUT2D eigenvalue weighted by Crippen LogP contribution is -2.16. The Bertz CT molecular complexity index is 741. The summed E-state index contributed by atoms with van der Waals surface area (Å²) in [7, 11) is 0. The Balaban J connectivity index is 2.00. The van der Waals surface area contributed by atoms with Crippen molar-refractivity contribution >= 4 is 11.1 Å². The first-order valence-electron chi connectivity index (χ1n) is 7.23. The zero-order valence-corrected chi connectivity index (χ0v) is 11.6. The van der Waals surface area contributed by atoms with Gasteiger partial charge in [-0.05, 0) is 24.3 Å². The molecule has 1 aliphatic rings. The Hall–Kier alpha value is -1.91. The van der Waals surface area contributed by atoms with E-state index in [1.807, 2.05) is 6.92 Å². The fourth-order valence-electron chi connectivity index (χ4n) is 2.55.